The molecule has 0 aliphatic heterocycles. The second kappa shape index (κ2) is 10.9. The lowest BCUT2D eigenvalue weighted by molar-refractivity contribution is -0.694. The summed E-state index contributed by atoms with van der Waals surface area (Å²) in [6.07, 6.45) is 4.22. The summed E-state index contributed by atoms with van der Waals surface area (Å²) in [6.45, 7) is 5.29. The van der Waals surface area contributed by atoms with Crippen LogP contribution in [0.5, 0.6) is 0 Å². The number of pyridine rings is 1. The number of hydrogen-bond donors (Lipinski definition) is 0. The summed E-state index contributed by atoms with van der Waals surface area (Å²) in [7, 11) is 1.09. The van der Waals surface area contributed by atoms with Crippen molar-refractivity contribution in [1.29, 1.82) is 0 Å². The highest BCUT2D eigenvalue weighted by Crippen LogP contribution is 2.11. The molecule has 2 aromatic rings. The van der Waals surface area contributed by atoms with E-state index in [-0.39, 0.29) is 0 Å². The first-order valence-electron chi connectivity index (χ1n) is 7.05. The second-order valence-corrected chi connectivity index (χ2v) is 5.14. The maximum Gasteiger partial charge on any atom is 0.168 e. The molecule has 1 aromatic carbocycles. The molecule has 0 radical (unpaired) electrons. The molecule has 22 heavy (non-hydrogen) atoms. The van der Waals surface area contributed by atoms with Crippen LogP contribution in [0.3, 0.4) is 0 Å². The molecule has 0 saturated heterocycles. The summed E-state index contributed by atoms with van der Waals surface area (Å²) in [5.41, 5.74) is 1.30. The maximum atomic E-state index is 9.15. The smallest absolute Gasteiger partial charge is 0.168 e. The van der Waals surface area contributed by atoms with E-state index in [1.54, 1.807) is 0 Å². The Morgan fingerprint density at radius 1 is 1.14 bits per heavy atom. The quantitative estimate of drug-likeness (QED) is 0.602. The molecule has 2 rings (SSSR count). The van der Waals surface area contributed by atoms with Crippen molar-refractivity contribution < 1.29 is 17.5 Å². The van der Waals surface area contributed by atoms with Gasteiger partial charge in [-0.05, 0) is 19.1 Å². The standard InChI is InChI=1S/C15H19N2.CH4O3S/c1-2-17(15-9-5-3-6-10-15)14-13-16-11-7-4-8-12-16;1-4-5(2)3/h3-12H,2,13-14H2,1H3;1H3,(H,2,3)/q+1;/p-1. The van der Waals surface area contributed by atoms with Crippen LogP contribution in [0, 0.1) is 0 Å². The van der Waals surface area contributed by atoms with Gasteiger partial charge < -0.3 is 13.6 Å². The van der Waals surface area contributed by atoms with Crippen molar-refractivity contribution in [3.05, 3.63) is 60.9 Å². The lowest BCUT2D eigenvalue weighted by Gasteiger charge is -2.21. The van der Waals surface area contributed by atoms with E-state index in [0.717, 1.165) is 26.7 Å². The number of para-hydroxylation sites is 1. The first kappa shape index (κ1) is 18.3. The molecule has 1 aromatic heterocycles. The molecule has 0 saturated carbocycles. The fourth-order valence-electron chi connectivity index (χ4n) is 1.93. The Labute approximate surface area is 134 Å². The molecule has 0 aliphatic carbocycles. The summed E-state index contributed by atoms with van der Waals surface area (Å²) in [6, 6.07) is 16.8. The molecule has 0 spiro atoms. The average Bonchev–Trinajstić information content (AvgIpc) is 2.58. The van der Waals surface area contributed by atoms with Crippen molar-refractivity contribution in [2.45, 2.75) is 13.5 Å². The van der Waals surface area contributed by atoms with E-state index >= 15 is 0 Å². The molecule has 0 bridgehead atoms. The number of hydrogen-bond acceptors (Lipinski definition) is 4. The van der Waals surface area contributed by atoms with E-state index in [9.17, 15) is 0 Å². The largest absolute Gasteiger partial charge is 0.750 e. The Morgan fingerprint density at radius 3 is 2.18 bits per heavy atom. The molecular weight excluding hydrogens is 300 g/mol. The molecule has 120 valence electrons. The number of aromatic nitrogens is 1. The summed E-state index contributed by atoms with van der Waals surface area (Å²) < 4.78 is 24.2. The van der Waals surface area contributed by atoms with Crippen LogP contribution >= 0.6 is 0 Å². The average molecular weight is 322 g/mol. The molecule has 0 amide bonds. The molecule has 1 unspecified atom stereocenters. The fourth-order valence-corrected chi connectivity index (χ4v) is 1.93. The van der Waals surface area contributed by atoms with Crippen molar-refractivity contribution in [3.8, 4) is 0 Å². The Balaban J connectivity index is 0.000000422. The molecular formula is C16H22N2O3S. The van der Waals surface area contributed by atoms with Gasteiger partial charge in [-0.25, -0.2) is 8.78 Å². The fraction of sp³-hybridized carbons (Fsp3) is 0.312. The molecule has 5 nitrogen and oxygen atoms in total. The topological polar surface area (TPSA) is 56.5 Å². The van der Waals surface area contributed by atoms with E-state index < -0.39 is 11.4 Å². The Morgan fingerprint density at radius 2 is 1.68 bits per heavy atom. The molecule has 0 aliphatic rings. The van der Waals surface area contributed by atoms with Gasteiger partial charge in [-0.2, -0.15) is 0 Å². The highest BCUT2D eigenvalue weighted by molar-refractivity contribution is 7.74. The van der Waals surface area contributed by atoms with Crippen molar-refractivity contribution >= 4 is 17.0 Å². The van der Waals surface area contributed by atoms with E-state index in [1.165, 1.54) is 5.69 Å². The van der Waals surface area contributed by atoms with Crippen molar-refractivity contribution in [2.75, 3.05) is 25.1 Å². The van der Waals surface area contributed by atoms with Crippen LogP contribution in [0.2, 0.25) is 0 Å². The van der Waals surface area contributed by atoms with Gasteiger partial charge in [0.25, 0.3) is 0 Å². The Kier molecular flexibility index (Phi) is 9.06. The normalized spacial score (nSPS) is 11.2. The lowest BCUT2D eigenvalue weighted by Crippen LogP contribution is -2.40. The monoisotopic (exact) mass is 322 g/mol. The molecule has 0 fully saturated rings. The maximum absolute atomic E-state index is 9.15. The SMILES string of the molecule is CCN(CC[n+]1ccccc1)c1ccccc1.COS(=O)[O-]. The second-order valence-electron chi connectivity index (χ2n) is 4.40. The third-order valence-corrected chi connectivity index (χ3v) is 3.32. The number of benzene rings is 1. The van der Waals surface area contributed by atoms with Gasteiger partial charge in [0.15, 0.2) is 18.9 Å². The van der Waals surface area contributed by atoms with Gasteiger partial charge in [-0.15, -0.1) is 0 Å². The zero-order chi connectivity index (χ0) is 16.2. The summed E-state index contributed by atoms with van der Waals surface area (Å²) in [5, 5.41) is 0. The molecule has 1 atom stereocenters. The van der Waals surface area contributed by atoms with Gasteiger partial charge in [0.2, 0.25) is 0 Å². The number of rotatable bonds is 6. The predicted octanol–water partition coefficient (Wildman–Crippen LogP) is 1.93. The van der Waals surface area contributed by atoms with E-state index in [2.05, 4.69) is 75.4 Å². The van der Waals surface area contributed by atoms with Crippen LogP contribution in [-0.2, 0) is 22.1 Å². The first-order valence-corrected chi connectivity index (χ1v) is 8.05. The minimum Gasteiger partial charge on any atom is -0.750 e. The third-order valence-electron chi connectivity index (χ3n) is 3.04. The van der Waals surface area contributed by atoms with E-state index in [0.29, 0.717) is 0 Å². The number of likely N-dealkylation sites (N-methyl/N-ethyl adjacent to an activating group) is 1. The van der Waals surface area contributed by atoms with Gasteiger partial charge in [-0.1, -0.05) is 24.3 Å². The van der Waals surface area contributed by atoms with Crippen LogP contribution in [0.25, 0.3) is 0 Å². The van der Waals surface area contributed by atoms with Crippen molar-refractivity contribution in [1.82, 2.24) is 0 Å². The molecule has 0 N–H and O–H groups in total. The van der Waals surface area contributed by atoms with Gasteiger partial charge >= 0.3 is 0 Å². The van der Waals surface area contributed by atoms with Crippen molar-refractivity contribution in [2.24, 2.45) is 0 Å². The summed E-state index contributed by atoms with van der Waals surface area (Å²) in [4.78, 5) is 2.39. The zero-order valence-electron chi connectivity index (χ0n) is 12.9. The Bertz CT molecular complexity index is 538. The summed E-state index contributed by atoms with van der Waals surface area (Å²) >= 11 is -2.32. The van der Waals surface area contributed by atoms with Crippen LogP contribution in [0.15, 0.2) is 60.9 Å². The summed E-state index contributed by atoms with van der Waals surface area (Å²) in [5.74, 6) is 0. The van der Waals surface area contributed by atoms with Crippen LogP contribution in [0.1, 0.15) is 6.92 Å². The minimum atomic E-state index is -2.32. The van der Waals surface area contributed by atoms with Gasteiger partial charge in [0.1, 0.15) is 0 Å². The highest BCUT2D eigenvalue weighted by Gasteiger charge is 2.06. The highest BCUT2D eigenvalue weighted by atomic mass is 32.2. The third kappa shape index (κ3) is 7.31. The zero-order valence-corrected chi connectivity index (χ0v) is 13.7. The molecule has 1 heterocycles. The predicted molar refractivity (Wildman–Crippen MR) is 86.9 cm³/mol. The van der Waals surface area contributed by atoms with Crippen LogP contribution in [-0.4, -0.2) is 29.0 Å². The minimum absolute atomic E-state index is 1.02. The van der Waals surface area contributed by atoms with E-state index in [4.69, 9.17) is 8.76 Å². The lowest BCUT2D eigenvalue weighted by atomic mass is 10.3. The van der Waals surface area contributed by atoms with Crippen LogP contribution < -0.4 is 9.47 Å². The van der Waals surface area contributed by atoms with E-state index in [1.807, 2.05) is 6.07 Å². The van der Waals surface area contributed by atoms with Crippen LogP contribution in [0.4, 0.5) is 5.69 Å². The Hall–Kier alpha value is -1.76. The number of anilines is 1. The number of nitrogens with zero attached hydrogens (tertiary/aromatic N) is 2. The van der Waals surface area contributed by atoms with Gasteiger partial charge in [0.05, 0.1) is 25.0 Å². The first-order chi connectivity index (χ1) is 10.7. The van der Waals surface area contributed by atoms with Gasteiger partial charge in [-0.3, -0.25) is 0 Å². The van der Waals surface area contributed by atoms with Crippen molar-refractivity contribution in [3.63, 3.8) is 0 Å². The molecule has 6 heteroatoms. The van der Waals surface area contributed by atoms with Gasteiger partial charge in [0, 0.05) is 24.4 Å².